The average Bonchev–Trinajstić information content (AvgIpc) is 3.32. The van der Waals surface area contributed by atoms with Gasteiger partial charge in [0, 0.05) is 17.7 Å². The number of hydrogen-bond acceptors (Lipinski definition) is 6. The van der Waals surface area contributed by atoms with E-state index in [-0.39, 0.29) is 5.91 Å². The maximum Gasteiger partial charge on any atom is 0.254 e. The van der Waals surface area contributed by atoms with Crippen LogP contribution in [0.2, 0.25) is 0 Å². The van der Waals surface area contributed by atoms with E-state index >= 15 is 0 Å². The highest BCUT2D eigenvalue weighted by Gasteiger charge is 2.24. The van der Waals surface area contributed by atoms with Crippen LogP contribution in [0.3, 0.4) is 0 Å². The first-order valence-corrected chi connectivity index (χ1v) is 8.93. The monoisotopic (exact) mass is 367 g/mol. The van der Waals surface area contributed by atoms with Crippen molar-refractivity contribution in [3.05, 3.63) is 47.3 Å². The van der Waals surface area contributed by atoms with Crippen LogP contribution in [0, 0.1) is 0 Å². The number of rotatable bonds is 4. The van der Waals surface area contributed by atoms with E-state index in [2.05, 4.69) is 20.5 Å². The number of benzene rings is 1. The number of fused-ring (bicyclic) bond motifs is 1. The molecule has 9 heteroatoms. The summed E-state index contributed by atoms with van der Waals surface area (Å²) in [5.74, 6) is 0.499. The molecule has 4 rings (SSSR count). The molecule has 0 fully saturated rings. The van der Waals surface area contributed by atoms with Crippen molar-refractivity contribution in [1.82, 2.24) is 34.9 Å². The summed E-state index contributed by atoms with van der Waals surface area (Å²) in [4.78, 5) is 16.1. The van der Waals surface area contributed by atoms with Crippen molar-refractivity contribution in [1.29, 1.82) is 0 Å². The van der Waals surface area contributed by atoms with Gasteiger partial charge in [-0.05, 0) is 29.8 Å². The van der Waals surface area contributed by atoms with Gasteiger partial charge in [-0.2, -0.15) is 9.90 Å². The first kappa shape index (κ1) is 17.3. The Morgan fingerprint density at radius 3 is 2.67 bits per heavy atom. The van der Waals surface area contributed by atoms with Gasteiger partial charge in [0.25, 0.3) is 5.91 Å². The lowest BCUT2D eigenvalue weighted by Crippen LogP contribution is -2.38. The van der Waals surface area contributed by atoms with E-state index in [0.717, 1.165) is 11.3 Å². The molecule has 0 aliphatic carbocycles. The van der Waals surface area contributed by atoms with Gasteiger partial charge in [-0.15, -0.1) is 10.2 Å². The minimum atomic E-state index is -0.561. The van der Waals surface area contributed by atoms with E-state index < -0.39 is 6.10 Å². The molecule has 1 N–H and O–H groups in total. The second-order valence-electron chi connectivity index (χ2n) is 6.61. The lowest BCUT2D eigenvalue weighted by atomic mass is 10.1. The third-order valence-corrected chi connectivity index (χ3v) is 4.73. The molecular formula is C18H21N7O2. The van der Waals surface area contributed by atoms with E-state index in [0.29, 0.717) is 43.1 Å². The second-order valence-corrected chi connectivity index (χ2v) is 6.61. The van der Waals surface area contributed by atoms with Crippen LogP contribution < -0.4 is 0 Å². The van der Waals surface area contributed by atoms with E-state index in [1.54, 1.807) is 24.1 Å². The average molecular weight is 367 g/mol. The van der Waals surface area contributed by atoms with Gasteiger partial charge in [0.1, 0.15) is 0 Å². The summed E-state index contributed by atoms with van der Waals surface area (Å²) in [6.45, 7) is 3.61. The summed E-state index contributed by atoms with van der Waals surface area (Å²) in [5, 5.41) is 26.4. The minimum Gasteiger partial charge on any atom is -0.387 e. The van der Waals surface area contributed by atoms with Gasteiger partial charge in [-0.1, -0.05) is 19.1 Å². The number of amides is 1. The Morgan fingerprint density at radius 2 is 2.00 bits per heavy atom. The van der Waals surface area contributed by atoms with Crippen LogP contribution in [0.4, 0.5) is 0 Å². The summed E-state index contributed by atoms with van der Waals surface area (Å²) in [5.41, 5.74) is 3.04. The van der Waals surface area contributed by atoms with Gasteiger partial charge < -0.3 is 10.0 Å². The lowest BCUT2D eigenvalue weighted by Gasteiger charge is -2.27. The summed E-state index contributed by atoms with van der Waals surface area (Å²) in [7, 11) is 1.71. The van der Waals surface area contributed by atoms with Crippen LogP contribution in [-0.2, 0) is 20.1 Å². The molecule has 1 amide bonds. The number of aliphatic hydroxyl groups is 1. The van der Waals surface area contributed by atoms with Gasteiger partial charge in [-0.3, -0.25) is 9.48 Å². The number of carbonyl (C=O) groups is 1. The molecule has 27 heavy (non-hydrogen) atoms. The molecule has 9 nitrogen and oxygen atoms in total. The summed E-state index contributed by atoms with van der Waals surface area (Å²) >= 11 is 0. The molecular weight excluding hydrogens is 346 g/mol. The van der Waals surface area contributed by atoms with Crippen molar-refractivity contribution in [3.8, 4) is 11.4 Å². The highest BCUT2D eigenvalue weighted by atomic mass is 16.3. The maximum absolute atomic E-state index is 12.9. The van der Waals surface area contributed by atoms with Gasteiger partial charge in [0.15, 0.2) is 0 Å². The highest BCUT2D eigenvalue weighted by Crippen LogP contribution is 2.22. The van der Waals surface area contributed by atoms with Crippen molar-refractivity contribution in [3.63, 3.8) is 0 Å². The van der Waals surface area contributed by atoms with Crippen molar-refractivity contribution in [2.75, 3.05) is 6.54 Å². The molecule has 0 saturated carbocycles. The van der Waals surface area contributed by atoms with E-state index in [9.17, 15) is 9.90 Å². The lowest BCUT2D eigenvalue weighted by molar-refractivity contribution is 0.0705. The molecule has 140 valence electrons. The smallest absolute Gasteiger partial charge is 0.254 e. The third kappa shape index (κ3) is 3.33. The summed E-state index contributed by atoms with van der Waals surface area (Å²) in [6, 6.07) is 9.11. The van der Waals surface area contributed by atoms with Crippen LogP contribution in [-0.4, -0.2) is 52.4 Å². The Labute approximate surface area is 156 Å². The fourth-order valence-electron chi connectivity index (χ4n) is 3.18. The quantitative estimate of drug-likeness (QED) is 0.743. The molecule has 1 aliphatic rings. The largest absolute Gasteiger partial charge is 0.387 e. The first-order chi connectivity index (χ1) is 13.0. The topological polar surface area (TPSA) is 102 Å². The zero-order chi connectivity index (χ0) is 19.0. The Balaban J connectivity index is 1.49. The Bertz CT molecular complexity index is 961. The molecule has 2 aromatic heterocycles. The second kappa shape index (κ2) is 6.92. The van der Waals surface area contributed by atoms with Crippen molar-refractivity contribution in [2.45, 2.75) is 32.5 Å². The molecule has 0 spiro atoms. The van der Waals surface area contributed by atoms with E-state index in [4.69, 9.17) is 0 Å². The third-order valence-electron chi connectivity index (χ3n) is 4.73. The van der Waals surface area contributed by atoms with Crippen LogP contribution >= 0.6 is 0 Å². The zero-order valence-electron chi connectivity index (χ0n) is 15.3. The number of aliphatic hydroxyl groups excluding tert-OH is 1. The molecule has 0 bridgehead atoms. The van der Waals surface area contributed by atoms with Crippen LogP contribution in [0.25, 0.3) is 11.4 Å². The number of hydrogen-bond donors (Lipinski definition) is 1. The van der Waals surface area contributed by atoms with Gasteiger partial charge in [0.2, 0.25) is 5.82 Å². The highest BCUT2D eigenvalue weighted by molar-refractivity contribution is 5.94. The van der Waals surface area contributed by atoms with Gasteiger partial charge in [0.05, 0.1) is 37.6 Å². The molecule has 0 saturated heterocycles. The molecule has 3 heterocycles. The molecule has 1 aromatic carbocycles. The van der Waals surface area contributed by atoms with Crippen molar-refractivity contribution < 1.29 is 9.90 Å². The molecule has 3 aromatic rings. The molecule has 0 radical (unpaired) electrons. The predicted molar refractivity (Wildman–Crippen MR) is 96.5 cm³/mol. The normalized spacial score (nSPS) is 14.9. The minimum absolute atomic E-state index is 0.0290. The van der Waals surface area contributed by atoms with Crippen molar-refractivity contribution in [2.24, 2.45) is 7.05 Å². The number of nitrogens with zero attached hydrogens (tertiary/aromatic N) is 7. The number of aryl methyl sites for hydroxylation is 1. The standard InChI is InChI=1S/C18H21N7O2/c1-3-16(26)15-10-14-11-24(8-9-25(14)20-15)18(27)13-6-4-12(5-7-13)17-19-22-23(2)21-17/h4-7,10,16,26H,3,8-9,11H2,1-2H3/t16-/m1/s1. The summed E-state index contributed by atoms with van der Waals surface area (Å²) in [6.07, 6.45) is 0.0565. The number of aromatic nitrogens is 6. The molecule has 0 unspecified atom stereocenters. The van der Waals surface area contributed by atoms with Crippen LogP contribution in [0.5, 0.6) is 0 Å². The Kier molecular flexibility index (Phi) is 4.44. The fourth-order valence-corrected chi connectivity index (χ4v) is 3.18. The summed E-state index contributed by atoms with van der Waals surface area (Å²) < 4.78 is 1.88. The Hall–Kier alpha value is -3.07. The molecule has 1 aliphatic heterocycles. The van der Waals surface area contributed by atoms with Crippen molar-refractivity contribution >= 4 is 5.91 Å². The number of carbonyl (C=O) groups excluding carboxylic acids is 1. The first-order valence-electron chi connectivity index (χ1n) is 8.93. The van der Waals surface area contributed by atoms with E-state index in [1.165, 1.54) is 4.80 Å². The number of tetrazole rings is 1. The van der Waals surface area contributed by atoms with Crippen LogP contribution in [0.1, 0.15) is 41.2 Å². The Morgan fingerprint density at radius 1 is 1.22 bits per heavy atom. The predicted octanol–water partition coefficient (Wildman–Crippen LogP) is 1.17. The van der Waals surface area contributed by atoms with Gasteiger partial charge >= 0.3 is 0 Å². The van der Waals surface area contributed by atoms with Gasteiger partial charge in [-0.25, -0.2) is 0 Å². The van der Waals surface area contributed by atoms with E-state index in [1.807, 2.05) is 29.8 Å². The van der Waals surface area contributed by atoms with Crippen LogP contribution in [0.15, 0.2) is 30.3 Å². The maximum atomic E-state index is 12.9. The SMILES string of the molecule is CC[C@@H](O)c1cc2n(n1)CCN(C(=O)c1ccc(-c3nnn(C)n3)cc1)C2. The molecule has 1 atom stereocenters. The zero-order valence-corrected chi connectivity index (χ0v) is 15.3. The fraction of sp³-hybridized carbons (Fsp3) is 0.389.